The summed E-state index contributed by atoms with van der Waals surface area (Å²) in [7, 11) is 3.06. The minimum atomic E-state index is -1.36. The Bertz CT molecular complexity index is 1830. The highest BCUT2D eigenvalue weighted by Crippen LogP contribution is 2.24. The Kier molecular flexibility index (Phi) is 8.31. The van der Waals surface area contributed by atoms with Crippen LogP contribution in [0.25, 0.3) is 22.1 Å². The first-order valence-corrected chi connectivity index (χ1v) is 13.3. The van der Waals surface area contributed by atoms with Crippen LogP contribution in [0.1, 0.15) is 34.7 Å². The average molecular weight is 607 g/mol. The Morgan fingerprint density at radius 3 is 1.45 bits per heavy atom. The molecule has 2 atom stereocenters. The van der Waals surface area contributed by atoms with E-state index in [1.807, 2.05) is 0 Å². The number of nitrogens with one attached hydrogen (secondary N) is 4. The maximum absolute atomic E-state index is 12.9. The normalized spacial score (nSPS) is 13.8. The Morgan fingerprint density at radius 2 is 1.10 bits per heavy atom. The number of hydrazone groups is 2. The quantitative estimate of drug-likeness (QED) is 0.115. The monoisotopic (exact) mass is 606 g/mol. The zero-order valence-corrected chi connectivity index (χ0v) is 23.7. The standard InChI is InChI=1S/C28H24Cl2N8O4/c1-31-37-21(23-27(41)35-19-11-15(29)7-9-17(19)33-23)25(39)13-3-5-14(6-4-13)26(40)22(38-32-2)24-28(42)36-20-12-16(30)8-10-18(20)34-24/h3-12,25-26,31-32,39-40H,1-2H3,(H,35,41)(H,36,42)/b37-21-,38-22+/t25-,26+/m1/s1. The molecule has 3 aromatic carbocycles. The van der Waals surface area contributed by atoms with E-state index in [0.717, 1.165) is 0 Å². The van der Waals surface area contributed by atoms with Crippen molar-refractivity contribution in [2.45, 2.75) is 12.2 Å². The van der Waals surface area contributed by atoms with Crippen molar-refractivity contribution in [2.24, 2.45) is 10.2 Å². The van der Waals surface area contributed by atoms with Crippen LogP contribution in [-0.4, -0.2) is 55.7 Å². The summed E-state index contributed by atoms with van der Waals surface area (Å²) in [6, 6.07) is 15.9. The zero-order chi connectivity index (χ0) is 30.0. The molecule has 0 saturated carbocycles. The molecule has 0 bridgehead atoms. The van der Waals surface area contributed by atoms with Crippen molar-refractivity contribution in [3.05, 3.63) is 114 Å². The van der Waals surface area contributed by atoms with Gasteiger partial charge in [0.25, 0.3) is 11.1 Å². The number of nitrogens with zero attached hydrogens (tertiary/aromatic N) is 4. The van der Waals surface area contributed by atoms with E-state index in [4.69, 9.17) is 23.2 Å². The molecule has 214 valence electrons. The lowest BCUT2D eigenvalue weighted by atomic mass is 9.97. The highest BCUT2D eigenvalue weighted by Gasteiger charge is 2.25. The van der Waals surface area contributed by atoms with Crippen LogP contribution in [0.2, 0.25) is 10.0 Å². The number of aliphatic hydroxyl groups is 2. The van der Waals surface area contributed by atoms with Crippen LogP contribution in [0.4, 0.5) is 0 Å². The molecule has 5 aromatic rings. The molecule has 12 nitrogen and oxygen atoms in total. The summed E-state index contributed by atoms with van der Waals surface area (Å²) in [5.41, 5.74) is 6.41. The van der Waals surface area contributed by atoms with Crippen LogP contribution in [0.15, 0.2) is 80.5 Å². The first kappa shape index (κ1) is 28.9. The van der Waals surface area contributed by atoms with Gasteiger partial charge in [0.15, 0.2) is 11.4 Å². The molecule has 0 aliphatic rings. The van der Waals surface area contributed by atoms with Crippen LogP contribution in [0, 0.1) is 0 Å². The van der Waals surface area contributed by atoms with E-state index < -0.39 is 23.3 Å². The molecule has 0 amide bonds. The van der Waals surface area contributed by atoms with Gasteiger partial charge in [-0.15, -0.1) is 0 Å². The van der Waals surface area contributed by atoms with Crippen LogP contribution >= 0.6 is 23.2 Å². The van der Waals surface area contributed by atoms with Crippen molar-refractivity contribution in [1.29, 1.82) is 0 Å². The summed E-state index contributed by atoms with van der Waals surface area (Å²) in [6.07, 6.45) is -2.71. The SMILES string of the molecule is CN/N=C(/c1nc2ccc(Cl)cc2[nH]c1=O)[C@H](O)c1ccc([C@H](O)/C(=N/NC)c2nc3ccc(Cl)cc3[nH]c2=O)cc1. The van der Waals surface area contributed by atoms with E-state index in [1.54, 1.807) is 60.7 Å². The van der Waals surface area contributed by atoms with Crippen molar-refractivity contribution in [3.8, 4) is 0 Å². The van der Waals surface area contributed by atoms with Crippen molar-refractivity contribution in [3.63, 3.8) is 0 Å². The lowest BCUT2D eigenvalue weighted by Crippen LogP contribution is -2.28. The first-order valence-electron chi connectivity index (χ1n) is 12.5. The summed E-state index contributed by atoms with van der Waals surface area (Å²) in [6.45, 7) is 0. The number of fused-ring (bicyclic) bond motifs is 2. The lowest BCUT2D eigenvalue weighted by molar-refractivity contribution is 0.243. The highest BCUT2D eigenvalue weighted by molar-refractivity contribution is 6.31. The Hall–Kier alpha value is -4.62. The number of H-pyrrole nitrogens is 2. The van der Waals surface area contributed by atoms with Gasteiger partial charge in [-0.05, 0) is 47.5 Å². The van der Waals surface area contributed by atoms with Gasteiger partial charge in [0.1, 0.15) is 23.6 Å². The van der Waals surface area contributed by atoms with Gasteiger partial charge < -0.3 is 31.0 Å². The van der Waals surface area contributed by atoms with Gasteiger partial charge >= 0.3 is 0 Å². The van der Waals surface area contributed by atoms with Gasteiger partial charge in [-0.3, -0.25) is 9.59 Å². The molecule has 0 saturated heterocycles. The van der Waals surface area contributed by atoms with Crippen LogP contribution in [0.3, 0.4) is 0 Å². The number of hydrogen-bond donors (Lipinski definition) is 6. The van der Waals surface area contributed by atoms with Gasteiger partial charge in [-0.2, -0.15) is 10.2 Å². The molecule has 0 aliphatic carbocycles. The van der Waals surface area contributed by atoms with Crippen molar-refractivity contribution >= 4 is 56.7 Å². The Balaban J connectivity index is 1.47. The third kappa shape index (κ3) is 5.74. The van der Waals surface area contributed by atoms with Crippen molar-refractivity contribution in [2.75, 3.05) is 14.1 Å². The van der Waals surface area contributed by atoms with E-state index in [2.05, 4.69) is 41.0 Å². The molecule has 5 rings (SSSR count). The fourth-order valence-electron chi connectivity index (χ4n) is 4.37. The number of aliphatic hydroxyl groups excluding tert-OH is 2. The Labute approximate surface area is 247 Å². The second-order valence-corrected chi connectivity index (χ2v) is 9.94. The van der Waals surface area contributed by atoms with E-state index in [0.29, 0.717) is 43.2 Å². The predicted octanol–water partition coefficient (Wildman–Crippen LogP) is 2.78. The minimum absolute atomic E-state index is 0.0201. The van der Waals surface area contributed by atoms with E-state index in [9.17, 15) is 19.8 Å². The summed E-state index contributed by atoms with van der Waals surface area (Å²) >= 11 is 12.0. The molecule has 2 aromatic heterocycles. The van der Waals surface area contributed by atoms with E-state index in [-0.39, 0.29) is 22.8 Å². The van der Waals surface area contributed by atoms with Gasteiger partial charge in [0, 0.05) is 24.1 Å². The van der Waals surface area contributed by atoms with Crippen LogP contribution in [0.5, 0.6) is 0 Å². The fourth-order valence-corrected chi connectivity index (χ4v) is 4.71. The summed E-state index contributed by atoms with van der Waals surface area (Å²) < 4.78 is 0. The molecule has 14 heteroatoms. The number of benzene rings is 3. The smallest absolute Gasteiger partial charge is 0.276 e. The summed E-state index contributed by atoms with van der Waals surface area (Å²) in [5.74, 6) is 0. The minimum Gasteiger partial charge on any atom is -0.382 e. The molecule has 0 fully saturated rings. The fraction of sp³-hybridized carbons (Fsp3) is 0.143. The van der Waals surface area contributed by atoms with Crippen LogP contribution < -0.4 is 22.0 Å². The second kappa shape index (κ2) is 12.1. The second-order valence-electron chi connectivity index (χ2n) is 9.07. The lowest BCUT2D eigenvalue weighted by Gasteiger charge is -2.17. The maximum Gasteiger partial charge on any atom is 0.276 e. The van der Waals surface area contributed by atoms with Gasteiger partial charge in [0.05, 0.1) is 22.1 Å². The van der Waals surface area contributed by atoms with Gasteiger partial charge in [-0.1, -0.05) is 47.5 Å². The third-order valence-electron chi connectivity index (χ3n) is 6.34. The molecule has 0 spiro atoms. The Morgan fingerprint density at radius 1 is 0.714 bits per heavy atom. The third-order valence-corrected chi connectivity index (χ3v) is 6.81. The number of halogens is 2. The number of rotatable bonds is 8. The van der Waals surface area contributed by atoms with E-state index in [1.165, 1.54) is 14.1 Å². The van der Waals surface area contributed by atoms with Gasteiger partial charge in [-0.25, -0.2) is 9.97 Å². The predicted molar refractivity (Wildman–Crippen MR) is 162 cm³/mol. The summed E-state index contributed by atoms with van der Waals surface area (Å²) in [5, 5.41) is 31.6. The average Bonchev–Trinajstić information content (AvgIpc) is 2.97. The molecule has 42 heavy (non-hydrogen) atoms. The number of hydrogen-bond acceptors (Lipinski definition) is 10. The van der Waals surface area contributed by atoms with E-state index >= 15 is 0 Å². The first-order chi connectivity index (χ1) is 20.2. The molecule has 0 radical (unpaired) electrons. The number of aromatic nitrogens is 4. The molecular formula is C28H24Cl2N8O4. The maximum atomic E-state index is 12.9. The molecular weight excluding hydrogens is 583 g/mol. The zero-order valence-electron chi connectivity index (χ0n) is 22.2. The molecule has 6 N–H and O–H groups in total. The van der Waals surface area contributed by atoms with Crippen LogP contribution in [-0.2, 0) is 0 Å². The van der Waals surface area contributed by atoms with Gasteiger partial charge in [0.2, 0.25) is 0 Å². The van der Waals surface area contributed by atoms with Crippen molar-refractivity contribution < 1.29 is 10.2 Å². The molecule has 0 aliphatic heterocycles. The highest BCUT2D eigenvalue weighted by atomic mass is 35.5. The topological polar surface area (TPSA) is 181 Å². The molecule has 0 unspecified atom stereocenters. The molecule has 2 heterocycles. The van der Waals surface area contributed by atoms with Crippen molar-refractivity contribution in [1.82, 2.24) is 30.8 Å². The number of aromatic amines is 2. The summed E-state index contributed by atoms with van der Waals surface area (Å²) in [4.78, 5) is 39.9. The largest absolute Gasteiger partial charge is 0.382 e.